The van der Waals surface area contributed by atoms with E-state index < -0.39 is 27.6 Å². The maximum Gasteiger partial charge on any atom is 0.310 e. The van der Waals surface area contributed by atoms with E-state index in [1.807, 2.05) is 0 Å². The first-order valence-corrected chi connectivity index (χ1v) is 8.64. The fourth-order valence-electron chi connectivity index (χ4n) is 1.78. The van der Waals surface area contributed by atoms with Gasteiger partial charge < -0.3 is 10.1 Å². The highest BCUT2D eigenvalue weighted by molar-refractivity contribution is 8.45. The second-order valence-electron chi connectivity index (χ2n) is 5.02. The summed E-state index contributed by atoms with van der Waals surface area (Å²) in [5, 5.41) is 2.22. The number of rotatable bonds is 6. The Kier molecular flexibility index (Phi) is 4.29. The number of anilines is 1. The first-order chi connectivity index (χ1) is 11.4. The predicted octanol–water partition coefficient (Wildman–Crippen LogP) is 5.17. The first-order valence-electron chi connectivity index (χ1n) is 6.69. The minimum absolute atomic E-state index is 0.0875. The standard InChI is InChI=1S/C15H12F5NO3S/c16-25(17,18,19,20)14-7-3-12(4-8-14)21-15(23)10-24-13-5-1-11(9-22)2-6-13/h1-9H,10H2,(H,21,23). The molecule has 0 aliphatic rings. The van der Waals surface area contributed by atoms with Crippen molar-refractivity contribution in [3.8, 4) is 5.75 Å². The molecule has 0 aromatic heterocycles. The Bertz CT molecular complexity index is 789. The zero-order valence-corrected chi connectivity index (χ0v) is 13.2. The van der Waals surface area contributed by atoms with Gasteiger partial charge in [-0.25, -0.2) is 0 Å². The van der Waals surface area contributed by atoms with Crippen LogP contribution in [0.4, 0.5) is 25.1 Å². The van der Waals surface area contributed by atoms with Crippen molar-refractivity contribution in [1.29, 1.82) is 0 Å². The average molecular weight is 381 g/mol. The second-order valence-corrected chi connectivity index (χ2v) is 7.43. The van der Waals surface area contributed by atoms with Crippen LogP contribution in [-0.4, -0.2) is 18.8 Å². The number of nitrogens with one attached hydrogen (secondary N) is 1. The quantitative estimate of drug-likeness (QED) is 0.555. The molecule has 136 valence electrons. The Morgan fingerprint density at radius 3 is 2.00 bits per heavy atom. The lowest BCUT2D eigenvalue weighted by atomic mass is 10.2. The molecule has 0 spiro atoms. The zero-order chi connectivity index (χ0) is 18.8. The van der Waals surface area contributed by atoms with Gasteiger partial charge in [0.1, 0.15) is 16.9 Å². The maximum atomic E-state index is 12.6. The van der Waals surface area contributed by atoms with Crippen LogP contribution in [0.15, 0.2) is 53.4 Å². The van der Waals surface area contributed by atoms with Crippen molar-refractivity contribution < 1.29 is 33.8 Å². The van der Waals surface area contributed by atoms with E-state index >= 15 is 0 Å². The van der Waals surface area contributed by atoms with E-state index in [4.69, 9.17) is 4.74 Å². The van der Waals surface area contributed by atoms with Crippen LogP contribution < -0.4 is 10.1 Å². The molecular formula is C15H12F5NO3S. The van der Waals surface area contributed by atoms with Crippen molar-refractivity contribution in [2.75, 3.05) is 11.9 Å². The zero-order valence-electron chi connectivity index (χ0n) is 12.4. The van der Waals surface area contributed by atoms with Gasteiger partial charge in [-0.05, 0) is 48.5 Å². The molecule has 0 bridgehead atoms. The number of ether oxygens (including phenoxy) is 1. The fraction of sp³-hybridized carbons (Fsp3) is 0.0667. The summed E-state index contributed by atoms with van der Waals surface area (Å²) in [5.74, 6) is -0.392. The van der Waals surface area contributed by atoms with E-state index in [9.17, 15) is 29.0 Å². The van der Waals surface area contributed by atoms with Gasteiger partial charge in [0.05, 0.1) is 0 Å². The highest BCUT2D eigenvalue weighted by Gasteiger charge is 2.65. The average Bonchev–Trinajstić information content (AvgIpc) is 2.52. The number of carbonyl (C=O) groups excluding carboxylic acids is 2. The molecule has 1 N–H and O–H groups in total. The van der Waals surface area contributed by atoms with Crippen LogP contribution in [0.1, 0.15) is 10.4 Å². The van der Waals surface area contributed by atoms with E-state index in [0.29, 0.717) is 17.6 Å². The van der Waals surface area contributed by atoms with Gasteiger partial charge in [0.2, 0.25) is 0 Å². The summed E-state index contributed by atoms with van der Waals surface area (Å²) in [6.45, 7) is -0.455. The third-order valence-electron chi connectivity index (χ3n) is 2.97. The Hall–Kier alpha value is -2.62. The summed E-state index contributed by atoms with van der Waals surface area (Å²) in [5.41, 5.74) is 0.330. The molecule has 0 aliphatic carbocycles. The Balaban J connectivity index is 1.95. The van der Waals surface area contributed by atoms with Crippen LogP contribution in [0.5, 0.6) is 5.75 Å². The largest absolute Gasteiger partial charge is 0.484 e. The Morgan fingerprint density at radius 2 is 1.52 bits per heavy atom. The van der Waals surface area contributed by atoms with Gasteiger partial charge >= 0.3 is 10.2 Å². The molecule has 0 fully saturated rings. The number of halogens is 5. The lowest BCUT2D eigenvalue weighted by Crippen LogP contribution is -2.20. The molecule has 0 saturated carbocycles. The van der Waals surface area contributed by atoms with Gasteiger partial charge in [0, 0.05) is 11.3 Å². The van der Waals surface area contributed by atoms with Crippen LogP contribution in [0.3, 0.4) is 0 Å². The maximum absolute atomic E-state index is 12.6. The molecule has 10 heteroatoms. The number of carbonyl (C=O) groups is 2. The van der Waals surface area contributed by atoms with Crippen LogP contribution in [0.25, 0.3) is 0 Å². The van der Waals surface area contributed by atoms with Crippen LogP contribution in [0.2, 0.25) is 0 Å². The lowest BCUT2D eigenvalue weighted by molar-refractivity contribution is -0.118. The van der Waals surface area contributed by atoms with Crippen molar-refractivity contribution in [2.45, 2.75) is 4.90 Å². The van der Waals surface area contributed by atoms with Gasteiger partial charge in [-0.2, -0.15) is 0 Å². The minimum atomic E-state index is -9.73. The monoisotopic (exact) mass is 381 g/mol. The summed E-state index contributed by atoms with van der Waals surface area (Å²) < 4.78 is 68.0. The molecule has 0 radical (unpaired) electrons. The van der Waals surface area contributed by atoms with E-state index in [1.54, 1.807) is 0 Å². The van der Waals surface area contributed by atoms with E-state index in [2.05, 4.69) is 5.32 Å². The van der Waals surface area contributed by atoms with Crippen molar-refractivity contribution >= 4 is 28.1 Å². The van der Waals surface area contributed by atoms with Gasteiger partial charge in [-0.3, -0.25) is 9.59 Å². The van der Waals surface area contributed by atoms with Gasteiger partial charge in [0.15, 0.2) is 6.61 Å². The molecule has 0 heterocycles. The van der Waals surface area contributed by atoms with Crippen molar-refractivity contribution in [1.82, 2.24) is 0 Å². The number of hydrogen-bond donors (Lipinski definition) is 1. The Morgan fingerprint density at radius 1 is 0.960 bits per heavy atom. The summed E-state index contributed by atoms with van der Waals surface area (Å²) >= 11 is 0. The molecule has 2 rings (SSSR count). The molecular weight excluding hydrogens is 369 g/mol. The van der Waals surface area contributed by atoms with Crippen LogP contribution in [0, 0.1) is 0 Å². The van der Waals surface area contributed by atoms with E-state index in [0.717, 1.165) is 12.1 Å². The molecule has 2 aromatic carbocycles. The lowest BCUT2D eigenvalue weighted by Gasteiger charge is -2.40. The minimum Gasteiger partial charge on any atom is -0.484 e. The van der Waals surface area contributed by atoms with Crippen molar-refractivity contribution in [3.05, 3.63) is 54.1 Å². The summed E-state index contributed by atoms with van der Waals surface area (Å²) in [7, 11) is -9.73. The van der Waals surface area contributed by atoms with Crippen molar-refractivity contribution in [3.63, 3.8) is 0 Å². The molecule has 25 heavy (non-hydrogen) atoms. The second kappa shape index (κ2) is 5.73. The molecule has 0 aliphatic heterocycles. The van der Waals surface area contributed by atoms with Gasteiger partial charge in [-0.15, -0.1) is 0 Å². The number of aldehydes is 1. The summed E-state index contributed by atoms with van der Waals surface area (Å²) in [4.78, 5) is 20.1. The topological polar surface area (TPSA) is 55.4 Å². The van der Waals surface area contributed by atoms with Crippen LogP contribution >= 0.6 is 10.2 Å². The van der Waals surface area contributed by atoms with Gasteiger partial charge in [-0.1, -0.05) is 19.4 Å². The highest BCUT2D eigenvalue weighted by atomic mass is 32.5. The Labute approximate surface area is 139 Å². The van der Waals surface area contributed by atoms with Gasteiger partial charge in [0.25, 0.3) is 5.91 Å². The number of hydrogen-bond acceptors (Lipinski definition) is 3. The predicted molar refractivity (Wildman–Crippen MR) is 83.8 cm³/mol. The number of amides is 1. The van der Waals surface area contributed by atoms with E-state index in [1.165, 1.54) is 24.3 Å². The summed E-state index contributed by atoms with van der Waals surface area (Å²) in [6.07, 6.45) is 0.632. The van der Waals surface area contributed by atoms with Crippen molar-refractivity contribution in [2.24, 2.45) is 0 Å². The normalized spacial score (nSPS) is 14.1. The highest BCUT2D eigenvalue weighted by Crippen LogP contribution is 3.02. The molecule has 1 amide bonds. The third kappa shape index (κ3) is 5.45. The molecule has 0 saturated heterocycles. The van der Waals surface area contributed by atoms with Crippen LogP contribution in [-0.2, 0) is 4.79 Å². The first kappa shape index (κ1) is 18.7. The SMILES string of the molecule is O=Cc1ccc(OCC(=O)Nc2ccc(S(F)(F)(F)(F)F)cc2)cc1. The van der Waals surface area contributed by atoms with E-state index in [-0.39, 0.29) is 17.8 Å². The molecule has 0 atom stereocenters. The fourth-order valence-corrected chi connectivity index (χ4v) is 2.43. The number of benzene rings is 2. The molecule has 2 aromatic rings. The summed E-state index contributed by atoms with van der Waals surface area (Å²) in [6, 6.07) is 7.72. The molecule has 0 unspecified atom stereocenters. The molecule has 4 nitrogen and oxygen atoms in total. The smallest absolute Gasteiger partial charge is 0.310 e. The third-order valence-corrected chi connectivity index (χ3v) is 4.13.